The van der Waals surface area contributed by atoms with Crippen molar-refractivity contribution < 1.29 is 17.6 Å². The van der Waals surface area contributed by atoms with E-state index in [2.05, 4.69) is 4.98 Å². The van der Waals surface area contributed by atoms with E-state index in [4.69, 9.17) is 4.98 Å². The number of aromatic nitrogens is 2. The summed E-state index contributed by atoms with van der Waals surface area (Å²) in [7, 11) is 0. The molecule has 0 atom stereocenters. The Kier molecular flexibility index (Phi) is 4.90. The van der Waals surface area contributed by atoms with Crippen LogP contribution in [0, 0.1) is 23.3 Å². The summed E-state index contributed by atoms with van der Waals surface area (Å²) in [5.41, 5.74) is 0.282. The van der Waals surface area contributed by atoms with E-state index in [1.807, 2.05) is 26.0 Å². The largest absolute Gasteiger partial charge is 0.252 e. The minimum absolute atomic E-state index is 0.0325. The van der Waals surface area contributed by atoms with Gasteiger partial charge in [-0.2, -0.15) is 0 Å². The van der Waals surface area contributed by atoms with Crippen LogP contribution in [0.4, 0.5) is 17.6 Å². The van der Waals surface area contributed by atoms with E-state index in [0.29, 0.717) is 17.0 Å². The van der Waals surface area contributed by atoms with Gasteiger partial charge < -0.3 is 0 Å². The van der Waals surface area contributed by atoms with Gasteiger partial charge in [-0.3, -0.25) is 4.98 Å². The van der Waals surface area contributed by atoms with E-state index in [-0.39, 0.29) is 22.5 Å². The van der Waals surface area contributed by atoms with Crippen LogP contribution in [0.3, 0.4) is 0 Å². The third-order valence-corrected chi connectivity index (χ3v) is 6.77. The van der Waals surface area contributed by atoms with Gasteiger partial charge in [0, 0.05) is 39.7 Å². The molecule has 0 fully saturated rings. The molecule has 0 saturated carbocycles. The molecule has 1 aliphatic rings. The van der Waals surface area contributed by atoms with E-state index >= 15 is 8.78 Å². The predicted octanol–water partition coefficient (Wildman–Crippen LogP) is 7.33. The molecule has 3 heterocycles. The van der Waals surface area contributed by atoms with E-state index < -0.39 is 34.1 Å². The van der Waals surface area contributed by atoms with Crippen molar-refractivity contribution in [3.63, 3.8) is 0 Å². The number of nitrogens with zero attached hydrogens (tertiary/aromatic N) is 2. The summed E-state index contributed by atoms with van der Waals surface area (Å²) in [5, 5.41) is 0. The lowest BCUT2D eigenvalue weighted by Crippen LogP contribution is -2.25. The van der Waals surface area contributed by atoms with Crippen molar-refractivity contribution in [2.45, 2.75) is 38.5 Å². The van der Waals surface area contributed by atoms with Gasteiger partial charge in [0.1, 0.15) is 23.1 Å². The molecule has 6 heteroatoms. The van der Waals surface area contributed by atoms with Crippen molar-refractivity contribution in [3.05, 3.63) is 106 Å². The van der Waals surface area contributed by atoms with Gasteiger partial charge in [0.25, 0.3) is 0 Å². The van der Waals surface area contributed by atoms with Crippen LogP contribution in [0.15, 0.2) is 60.7 Å². The molecule has 0 saturated heterocycles. The summed E-state index contributed by atoms with van der Waals surface area (Å²) in [5.74, 6) is -3.34. The summed E-state index contributed by atoms with van der Waals surface area (Å²) < 4.78 is 60.1. The summed E-state index contributed by atoms with van der Waals surface area (Å²) in [4.78, 5) is 9.07. The second-order valence-corrected chi connectivity index (χ2v) is 9.70. The Morgan fingerprint density at radius 2 is 1.35 bits per heavy atom. The van der Waals surface area contributed by atoms with Gasteiger partial charge in [-0.15, -0.1) is 0 Å². The van der Waals surface area contributed by atoms with Crippen molar-refractivity contribution in [1.82, 2.24) is 9.97 Å². The Hall–Kier alpha value is -3.54. The second kappa shape index (κ2) is 7.49. The first-order valence-corrected chi connectivity index (χ1v) is 10.9. The van der Waals surface area contributed by atoms with Crippen LogP contribution in [0.5, 0.6) is 0 Å². The Labute approximate surface area is 195 Å². The van der Waals surface area contributed by atoms with Crippen molar-refractivity contribution in [2.24, 2.45) is 0 Å². The smallest absolute Gasteiger partial charge is 0.152 e. The molecule has 0 amide bonds. The van der Waals surface area contributed by atoms with E-state index in [1.165, 1.54) is 6.07 Å². The van der Waals surface area contributed by atoms with Gasteiger partial charge in [0.05, 0.1) is 17.1 Å². The molecule has 0 aliphatic carbocycles. The Morgan fingerprint density at radius 1 is 0.647 bits per heavy atom. The number of halogens is 4. The average Bonchev–Trinajstić information content (AvgIpc) is 2.78. The summed E-state index contributed by atoms with van der Waals surface area (Å²) in [6.45, 7) is 7.07. The minimum Gasteiger partial charge on any atom is -0.252 e. The van der Waals surface area contributed by atoms with Crippen LogP contribution in [-0.2, 0) is 10.8 Å². The minimum atomic E-state index is -1.34. The number of rotatable bonds is 0. The van der Waals surface area contributed by atoms with Crippen molar-refractivity contribution in [3.8, 4) is 22.5 Å². The SMILES string of the molecule is CC1(C)c2cccc(c2)-c2nc(c(F)cc2F)C(C)(C)c2cc(c(F)cc2F)-c2cccc1n2. The summed E-state index contributed by atoms with van der Waals surface area (Å²) in [6, 6.07) is 15.3. The number of hydrogen-bond acceptors (Lipinski definition) is 2. The molecule has 0 N–H and O–H groups in total. The zero-order valence-corrected chi connectivity index (χ0v) is 19.2. The van der Waals surface area contributed by atoms with Gasteiger partial charge in [-0.1, -0.05) is 38.1 Å². The first kappa shape index (κ1) is 22.3. The zero-order valence-electron chi connectivity index (χ0n) is 19.2. The summed E-state index contributed by atoms with van der Waals surface area (Å²) in [6.07, 6.45) is 0. The molecular formula is C28H22F4N2. The first-order chi connectivity index (χ1) is 16.0. The van der Waals surface area contributed by atoms with Crippen LogP contribution < -0.4 is 0 Å². The predicted molar refractivity (Wildman–Crippen MR) is 123 cm³/mol. The molecule has 2 aromatic heterocycles. The molecule has 172 valence electrons. The molecule has 5 rings (SSSR count). The van der Waals surface area contributed by atoms with Gasteiger partial charge in [0.15, 0.2) is 5.82 Å². The van der Waals surface area contributed by atoms with Gasteiger partial charge in [0.2, 0.25) is 0 Å². The molecule has 2 aromatic carbocycles. The number of pyridine rings is 2. The zero-order chi connectivity index (χ0) is 24.4. The lowest BCUT2D eigenvalue weighted by atomic mass is 9.78. The Balaban J connectivity index is 1.93. The van der Waals surface area contributed by atoms with Crippen LogP contribution in [0.25, 0.3) is 22.5 Å². The number of hydrogen-bond donors (Lipinski definition) is 0. The highest BCUT2D eigenvalue weighted by atomic mass is 19.1. The highest BCUT2D eigenvalue weighted by Crippen LogP contribution is 2.40. The monoisotopic (exact) mass is 462 g/mol. The third kappa shape index (κ3) is 3.31. The number of fused-ring (bicyclic) bond motifs is 10. The Morgan fingerprint density at radius 3 is 2.12 bits per heavy atom. The molecule has 2 nitrogen and oxygen atoms in total. The average molecular weight is 462 g/mol. The topological polar surface area (TPSA) is 25.8 Å². The Bertz CT molecular complexity index is 1350. The number of benzene rings is 2. The lowest BCUT2D eigenvalue weighted by molar-refractivity contribution is 0.486. The fraction of sp³-hybridized carbons (Fsp3) is 0.214. The van der Waals surface area contributed by atoms with Crippen LogP contribution in [-0.4, -0.2) is 9.97 Å². The fourth-order valence-electron chi connectivity index (χ4n) is 4.60. The maximum absolute atomic E-state index is 15.1. The van der Waals surface area contributed by atoms with Crippen LogP contribution >= 0.6 is 0 Å². The molecule has 0 spiro atoms. The highest BCUT2D eigenvalue weighted by Gasteiger charge is 2.34. The van der Waals surface area contributed by atoms with E-state index in [1.54, 1.807) is 44.2 Å². The molecule has 0 unspecified atom stereocenters. The molecule has 0 radical (unpaired) electrons. The maximum Gasteiger partial charge on any atom is 0.152 e. The maximum atomic E-state index is 15.1. The lowest BCUT2D eigenvalue weighted by Gasteiger charge is -2.29. The van der Waals surface area contributed by atoms with Gasteiger partial charge in [-0.05, 0) is 43.7 Å². The van der Waals surface area contributed by atoms with Crippen molar-refractivity contribution in [1.29, 1.82) is 0 Å². The van der Waals surface area contributed by atoms with Gasteiger partial charge >= 0.3 is 0 Å². The van der Waals surface area contributed by atoms with Crippen molar-refractivity contribution >= 4 is 0 Å². The first-order valence-electron chi connectivity index (χ1n) is 10.9. The highest BCUT2D eigenvalue weighted by molar-refractivity contribution is 5.65. The van der Waals surface area contributed by atoms with Crippen LogP contribution in [0.1, 0.15) is 50.2 Å². The van der Waals surface area contributed by atoms with E-state index in [9.17, 15) is 8.78 Å². The quantitative estimate of drug-likeness (QED) is 0.256. The van der Waals surface area contributed by atoms with Crippen LogP contribution in [0.2, 0.25) is 0 Å². The second-order valence-electron chi connectivity index (χ2n) is 9.70. The summed E-state index contributed by atoms with van der Waals surface area (Å²) >= 11 is 0. The molecule has 1 aliphatic heterocycles. The molecular weight excluding hydrogens is 440 g/mol. The molecule has 4 aromatic rings. The normalized spacial score (nSPS) is 15.5. The van der Waals surface area contributed by atoms with Gasteiger partial charge in [-0.25, -0.2) is 22.5 Å². The molecule has 8 bridgehead atoms. The standard InChI is InChI=1S/C28H22F4N2/c1-27(2)16-8-5-7-15(11-16)25-21(31)14-22(32)26(34-25)28(3,4)18-12-17(19(29)13-20(18)30)23-9-6-10-24(27)33-23/h5-14H,1-4H3. The van der Waals surface area contributed by atoms with E-state index in [0.717, 1.165) is 17.7 Å². The molecule has 34 heavy (non-hydrogen) atoms. The fourth-order valence-corrected chi connectivity index (χ4v) is 4.60. The third-order valence-electron chi connectivity index (χ3n) is 6.77. The van der Waals surface area contributed by atoms with Crippen molar-refractivity contribution in [2.75, 3.05) is 0 Å².